The molecule has 1 atom stereocenters. The maximum atomic E-state index is 12.6. The van der Waals surface area contributed by atoms with Crippen molar-refractivity contribution >= 4 is 40.4 Å². The largest absolute Gasteiger partial charge is 0.479 e. The van der Waals surface area contributed by atoms with Crippen LogP contribution in [0.15, 0.2) is 66.9 Å². The van der Waals surface area contributed by atoms with Crippen molar-refractivity contribution in [3.05, 3.63) is 76.9 Å². The molecule has 1 amide bonds. The zero-order valence-corrected chi connectivity index (χ0v) is 16.9. The summed E-state index contributed by atoms with van der Waals surface area (Å²) in [6.07, 6.45) is 1.13. The second-order valence-corrected chi connectivity index (χ2v) is 7.20. The zero-order valence-electron chi connectivity index (χ0n) is 15.3. The van der Waals surface area contributed by atoms with Crippen LogP contribution in [0.25, 0.3) is 17.0 Å². The minimum atomic E-state index is -0.758. The molecular weight excluding hydrogens is 411 g/mol. The summed E-state index contributed by atoms with van der Waals surface area (Å²) in [5, 5.41) is 12.1. The standard InChI is InChI=1S/C21H16Cl2N4O2/c1-13(29-18-9-8-15(22)12-17(18)23)21(28)24-16-6-4-5-14(11-16)20-26-25-19-7-2-3-10-27(19)20/h2-13H,1H3,(H,24,28). The molecule has 1 unspecified atom stereocenters. The van der Waals surface area contributed by atoms with Gasteiger partial charge in [-0.1, -0.05) is 41.4 Å². The van der Waals surface area contributed by atoms with Gasteiger partial charge in [0.05, 0.1) is 5.02 Å². The lowest BCUT2D eigenvalue weighted by Gasteiger charge is -2.16. The highest BCUT2D eigenvalue weighted by Crippen LogP contribution is 2.28. The second-order valence-electron chi connectivity index (χ2n) is 6.36. The summed E-state index contributed by atoms with van der Waals surface area (Å²) < 4.78 is 7.55. The Morgan fingerprint density at radius 3 is 2.76 bits per heavy atom. The minimum absolute atomic E-state index is 0.306. The Morgan fingerprint density at radius 2 is 1.93 bits per heavy atom. The van der Waals surface area contributed by atoms with Crippen LogP contribution in [0.4, 0.5) is 5.69 Å². The van der Waals surface area contributed by atoms with E-state index in [1.807, 2.05) is 47.0 Å². The van der Waals surface area contributed by atoms with E-state index in [2.05, 4.69) is 15.5 Å². The SMILES string of the molecule is CC(Oc1ccc(Cl)cc1Cl)C(=O)Nc1cccc(-c2nnc3ccccn23)c1. The zero-order chi connectivity index (χ0) is 20.4. The van der Waals surface area contributed by atoms with Gasteiger partial charge in [-0.15, -0.1) is 10.2 Å². The summed E-state index contributed by atoms with van der Waals surface area (Å²) in [6.45, 7) is 1.65. The van der Waals surface area contributed by atoms with E-state index in [4.69, 9.17) is 27.9 Å². The van der Waals surface area contributed by atoms with Gasteiger partial charge in [0.25, 0.3) is 5.91 Å². The van der Waals surface area contributed by atoms with Crippen LogP contribution >= 0.6 is 23.2 Å². The van der Waals surface area contributed by atoms with Crippen molar-refractivity contribution in [2.24, 2.45) is 0 Å². The molecule has 0 aliphatic carbocycles. The fourth-order valence-corrected chi connectivity index (χ4v) is 3.29. The number of hydrogen-bond acceptors (Lipinski definition) is 4. The van der Waals surface area contributed by atoms with Crippen LogP contribution in [-0.2, 0) is 4.79 Å². The third-order valence-corrected chi connectivity index (χ3v) is 4.80. The molecule has 8 heteroatoms. The molecule has 0 fully saturated rings. The smallest absolute Gasteiger partial charge is 0.265 e. The van der Waals surface area contributed by atoms with Crippen LogP contribution in [0.5, 0.6) is 5.75 Å². The lowest BCUT2D eigenvalue weighted by molar-refractivity contribution is -0.122. The van der Waals surface area contributed by atoms with Crippen LogP contribution in [0.2, 0.25) is 10.0 Å². The molecule has 2 heterocycles. The number of fused-ring (bicyclic) bond motifs is 1. The van der Waals surface area contributed by atoms with E-state index in [1.165, 1.54) is 0 Å². The Balaban J connectivity index is 1.51. The molecular formula is C21H16Cl2N4O2. The first kappa shape index (κ1) is 19.2. The van der Waals surface area contributed by atoms with Gasteiger partial charge in [-0.3, -0.25) is 9.20 Å². The molecule has 0 saturated carbocycles. The number of carbonyl (C=O) groups excluding carboxylic acids is 1. The van der Waals surface area contributed by atoms with Crippen molar-refractivity contribution in [2.75, 3.05) is 5.32 Å². The number of aromatic nitrogens is 3. The molecule has 0 spiro atoms. The van der Waals surface area contributed by atoms with Crippen molar-refractivity contribution < 1.29 is 9.53 Å². The van der Waals surface area contributed by atoms with Gasteiger partial charge in [0.15, 0.2) is 17.6 Å². The molecule has 6 nitrogen and oxygen atoms in total. The number of pyridine rings is 1. The van der Waals surface area contributed by atoms with Crippen LogP contribution in [0.3, 0.4) is 0 Å². The highest BCUT2D eigenvalue weighted by molar-refractivity contribution is 6.35. The molecule has 4 aromatic rings. The van der Waals surface area contributed by atoms with Gasteiger partial charge in [-0.05, 0) is 49.4 Å². The van der Waals surface area contributed by atoms with Crippen molar-refractivity contribution in [2.45, 2.75) is 13.0 Å². The molecule has 4 rings (SSSR count). The Labute approximate surface area is 177 Å². The molecule has 0 bridgehead atoms. The summed E-state index contributed by atoms with van der Waals surface area (Å²) in [5.41, 5.74) is 2.20. The predicted molar refractivity (Wildman–Crippen MR) is 114 cm³/mol. The third kappa shape index (κ3) is 4.18. The number of ether oxygens (including phenoxy) is 1. The average Bonchev–Trinajstić information content (AvgIpc) is 3.14. The van der Waals surface area contributed by atoms with E-state index < -0.39 is 6.10 Å². The molecule has 2 aromatic carbocycles. The summed E-state index contributed by atoms with van der Waals surface area (Å²) >= 11 is 12.0. The van der Waals surface area contributed by atoms with Gasteiger partial charge in [-0.2, -0.15) is 0 Å². The van der Waals surface area contributed by atoms with Crippen molar-refractivity contribution in [3.63, 3.8) is 0 Å². The molecule has 0 radical (unpaired) electrons. The van der Waals surface area contributed by atoms with Crippen molar-refractivity contribution in [1.29, 1.82) is 0 Å². The second kappa shape index (κ2) is 8.11. The van der Waals surface area contributed by atoms with Gasteiger partial charge in [0.1, 0.15) is 5.75 Å². The van der Waals surface area contributed by atoms with Gasteiger partial charge < -0.3 is 10.1 Å². The predicted octanol–water partition coefficient (Wildman–Crippen LogP) is 5.11. The maximum absolute atomic E-state index is 12.6. The van der Waals surface area contributed by atoms with Gasteiger partial charge in [-0.25, -0.2) is 0 Å². The lowest BCUT2D eigenvalue weighted by atomic mass is 10.2. The van der Waals surface area contributed by atoms with Gasteiger partial charge in [0.2, 0.25) is 0 Å². The number of nitrogens with one attached hydrogen (secondary N) is 1. The highest BCUT2D eigenvalue weighted by Gasteiger charge is 2.17. The number of nitrogens with zero attached hydrogens (tertiary/aromatic N) is 3. The highest BCUT2D eigenvalue weighted by atomic mass is 35.5. The van der Waals surface area contributed by atoms with Crippen molar-refractivity contribution in [3.8, 4) is 17.1 Å². The summed E-state index contributed by atoms with van der Waals surface area (Å²) in [7, 11) is 0. The van der Waals surface area contributed by atoms with E-state index in [0.717, 1.165) is 11.2 Å². The first-order valence-electron chi connectivity index (χ1n) is 8.84. The number of benzene rings is 2. The van der Waals surface area contributed by atoms with Crippen molar-refractivity contribution in [1.82, 2.24) is 14.6 Å². The first-order chi connectivity index (χ1) is 14.0. The minimum Gasteiger partial charge on any atom is -0.479 e. The average molecular weight is 427 g/mol. The third-order valence-electron chi connectivity index (χ3n) is 4.27. The molecule has 1 N–H and O–H groups in total. The number of amides is 1. The fraction of sp³-hybridized carbons (Fsp3) is 0.0952. The first-order valence-corrected chi connectivity index (χ1v) is 9.59. The molecule has 0 saturated heterocycles. The number of hydrogen-bond donors (Lipinski definition) is 1. The summed E-state index contributed by atoms with van der Waals surface area (Å²) in [4.78, 5) is 12.6. The van der Waals surface area contributed by atoms with Gasteiger partial charge >= 0.3 is 0 Å². The van der Waals surface area contributed by atoms with Crippen LogP contribution in [0.1, 0.15) is 6.92 Å². The fourth-order valence-electron chi connectivity index (χ4n) is 2.83. The lowest BCUT2D eigenvalue weighted by Crippen LogP contribution is -2.30. The maximum Gasteiger partial charge on any atom is 0.265 e. The van der Waals surface area contributed by atoms with E-state index in [9.17, 15) is 4.79 Å². The van der Waals surface area contributed by atoms with E-state index in [1.54, 1.807) is 31.2 Å². The van der Waals surface area contributed by atoms with E-state index in [0.29, 0.717) is 27.3 Å². The molecule has 0 aliphatic rings. The Bertz CT molecular complexity index is 1190. The number of carbonyl (C=O) groups is 1. The molecule has 2 aromatic heterocycles. The summed E-state index contributed by atoms with van der Waals surface area (Å²) in [5.74, 6) is 0.774. The number of anilines is 1. The molecule has 29 heavy (non-hydrogen) atoms. The number of halogens is 2. The topological polar surface area (TPSA) is 68.5 Å². The van der Waals surface area contributed by atoms with Crippen LogP contribution in [0, 0.1) is 0 Å². The van der Waals surface area contributed by atoms with Crippen LogP contribution < -0.4 is 10.1 Å². The Hall–Kier alpha value is -3.09. The van der Waals surface area contributed by atoms with E-state index in [-0.39, 0.29) is 5.91 Å². The Morgan fingerprint density at radius 1 is 1.07 bits per heavy atom. The quantitative estimate of drug-likeness (QED) is 0.481. The normalized spacial score (nSPS) is 12.0. The summed E-state index contributed by atoms with van der Waals surface area (Å²) in [6, 6.07) is 17.9. The molecule has 0 aliphatic heterocycles. The van der Waals surface area contributed by atoms with Crippen LogP contribution in [-0.4, -0.2) is 26.6 Å². The monoisotopic (exact) mass is 426 g/mol. The van der Waals surface area contributed by atoms with E-state index >= 15 is 0 Å². The molecule has 146 valence electrons. The van der Waals surface area contributed by atoms with Gasteiger partial charge in [0, 0.05) is 22.5 Å². The Kier molecular flexibility index (Phi) is 5.38. The number of rotatable bonds is 5.